The van der Waals surface area contributed by atoms with Crippen LogP contribution in [0.25, 0.3) is 11.1 Å². The molecular weight excluding hydrogens is 338 g/mol. The Morgan fingerprint density at radius 1 is 1.00 bits per heavy atom. The Morgan fingerprint density at radius 2 is 1.56 bits per heavy atom. The number of amides is 1. The predicted octanol–water partition coefficient (Wildman–Crippen LogP) is 4.04. The lowest BCUT2D eigenvalue weighted by molar-refractivity contribution is -0.145. The third kappa shape index (κ3) is 3.36. The summed E-state index contributed by atoms with van der Waals surface area (Å²) in [7, 11) is 1.38. The van der Waals surface area contributed by atoms with Gasteiger partial charge in [-0.15, -0.1) is 0 Å². The van der Waals surface area contributed by atoms with Gasteiger partial charge in [0.1, 0.15) is 6.04 Å². The van der Waals surface area contributed by atoms with E-state index < -0.39 is 12.0 Å². The lowest BCUT2D eigenvalue weighted by Crippen LogP contribution is -2.45. The van der Waals surface area contributed by atoms with E-state index in [-0.39, 0.29) is 11.8 Å². The van der Waals surface area contributed by atoms with Gasteiger partial charge in [-0.1, -0.05) is 61.4 Å². The van der Waals surface area contributed by atoms with E-state index in [1.54, 1.807) is 0 Å². The molecule has 1 saturated carbocycles. The number of carbonyl (C=O) groups is 2. The largest absolute Gasteiger partial charge is 0.467 e. The Hall–Kier alpha value is -2.62. The number of rotatable bonds is 5. The molecule has 140 valence electrons. The molecule has 2 aromatic carbocycles. The van der Waals surface area contributed by atoms with Crippen LogP contribution in [0.4, 0.5) is 0 Å². The maximum absolute atomic E-state index is 12.7. The fourth-order valence-electron chi connectivity index (χ4n) is 4.67. The van der Waals surface area contributed by atoms with E-state index in [1.165, 1.54) is 20.0 Å². The van der Waals surface area contributed by atoms with Crippen molar-refractivity contribution in [3.63, 3.8) is 0 Å². The monoisotopic (exact) mass is 363 g/mol. The average molecular weight is 363 g/mol. The van der Waals surface area contributed by atoms with Crippen LogP contribution in [-0.4, -0.2) is 25.0 Å². The SMILES string of the molecule is COC(=O)[C@H](NC(=O)CC1CCCC1)C1c2ccccc2-c2ccccc21. The molecule has 0 spiro atoms. The van der Waals surface area contributed by atoms with Crippen LogP contribution in [-0.2, 0) is 14.3 Å². The van der Waals surface area contributed by atoms with E-state index in [0.717, 1.165) is 35.1 Å². The molecule has 4 heteroatoms. The molecule has 0 saturated heterocycles. The zero-order chi connectivity index (χ0) is 18.8. The van der Waals surface area contributed by atoms with Gasteiger partial charge in [0.05, 0.1) is 7.11 Å². The van der Waals surface area contributed by atoms with E-state index in [1.807, 2.05) is 36.4 Å². The van der Waals surface area contributed by atoms with Gasteiger partial charge in [-0.25, -0.2) is 4.79 Å². The number of carbonyl (C=O) groups excluding carboxylic acids is 2. The maximum Gasteiger partial charge on any atom is 0.329 e. The minimum atomic E-state index is -0.714. The van der Waals surface area contributed by atoms with Crippen LogP contribution >= 0.6 is 0 Å². The molecule has 1 atom stereocenters. The molecule has 2 aliphatic rings. The number of methoxy groups -OCH3 is 1. The zero-order valence-corrected chi connectivity index (χ0v) is 15.6. The minimum Gasteiger partial charge on any atom is -0.467 e. The molecule has 4 rings (SSSR count). The van der Waals surface area contributed by atoms with Gasteiger partial charge in [0.25, 0.3) is 0 Å². The lowest BCUT2D eigenvalue weighted by atomic mass is 9.89. The molecule has 0 unspecified atom stereocenters. The highest BCUT2D eigenvalue weighted by atomic mass is 16.5. The third-order valence-corrected chi connectivity index (χ3v) is 5.94. The summed E-state index contributed by atoms with van der Waals surface area (Å²) >= 11 is 0. The molecule has 0 radical (unpaired) electrons. The first-order valence-corrected chi connectivity index (χ1v) is 9.74. The van der Waals surface area contributed by atoms with Crippen LogP contribution < -0.4 is 5.32 Å². The molecule has 0 aliphatic heterocycles. The summed E-state index contributed by atoms with van der Waals surface area (Å²) in [6, 6.07) is 15.5. The maximum atomic E-state index is 12.7. The first kappa shape index (κ1) is 17.8. The summed E-state index contributed by atoms with van der Waals surface area (Å²) in [5, 5.41) is 3.00. The Kier molecular flexibility index (Phi) is 4.97. The summed E-state index contributed by atoms with van der Waals surface area (Å²) in [4.78, 5) is 25.3. The molecule has 0 bridgehead atoms. The van der Waals surface area contributed by atoms with Gasteiger partial charge in [0, 0.05) is 12.3 Å². The van der Waals surface area contributed by atoms with E-state index >= 15 is 0 Å². The average Bonchev–Trinajstić information content (AvgIpc) is 3.31. The molecule has 1 fully saturated rings. The third-order valence-electron chi connectivity index (χ3n) is 5.94. The zero-order valence-electron chi connectivity index (χ0n) is 15.6. The first-order chi connectivity index (χ1) is 13.2. The van der Waals surface area contributed by atoms with Gasteiger partial charge in [-0.2, -0.15) is 0 Å². The number of hydrogen-bond donors (Lipinski definition) is 1. The van der Waals surface area contributed by atoms with E-state index in [4.69, 9.17) is 4.74 Å². The van der Waals surface area contributed by atoms with E-state index in [2.05, 4.69) is 17.4 Å². The lowest BCUT2D eigenvalue weighted by Gasteiger charge is -2.25. The van der Waals surface area contributed by atoms with Crippen LogP contribution in [0, 0.1) is 5.92 Å². The first-order valence-electron chi connectivity index (χ1n) is 9.74. The van der Waals surface area contributed by atoms with Crippen molar-refractivity contribution >= 4 is 11.9 Å². The van der Waals surface area contributed by atoms with Crippen LogP contribution in [0.1, 0.15) is 49.1 Å². The molecule has 1 N–H and O–H groups in total. The predicted molar refractivity (Wildman–Crippen MR) is 104 cm³/mol. The molecule has 27 heavy (non-hydrogen) atoms. The molecule has 2 aromatic rings. The number of ether oxygens (including phenoxy) is 1. The van der Waals surface area contributed by atoms with Gasteiger partial charge in [0.2, 0.25) is 5.91 Å². The Morgan fingerprint density at radius 3 is 2.11 bits per heavy atom. The Bertz CT molecular complexity index is 809. The number of hydrogen-bond acceptors (Lipinski definition) is 3. The summed E-state index contributed by atoms with van der Waals surface area (Å²) in [6.07, 6.45) is 5.09. The van der Waals surface area contributed by atoms with E-state index in [0.29, 0.717) is 12.3 Å². The van der Waals surface area contributed by atoms with Crippen molar-refractivity contribution in [2.24, 2.45) is 5.92 Å². The van der Waals surface area contributed by atoms with Gasteiger partial charge >= 0.3 is 5.97 Å². The number of fused-ring (bicyclic) bond motifs is 3. The molecule has 4 nitrogen and oxygen atoms in total. The molecule has 1 amide bonds. The molecule has 0 aromatic heterocycles. The van der Waals surface area contributed by atoms with Crippen molar-refractivity contribution in [3.8, 4) is 11.1 Å². The second-order valence-electron chi connectivity index (χ2n) is 7.58. The van der Waals surface area contributed by atoms with Crippen molar-refractivity contribution in [2.45, 2.75) is 44.1 Å². The van der Waals surface area contributed by atoms with Crippen molar-refractivity contribution in [1.29, 1.82) is 0 Å². The van der Waals surface area contributed by atoms with Gasteiger partial charge in [-0.05, 0) is 41.0 Å². The summed E-state index contributed by atoms with van der Waals surface area (Å²) < 4.78 is 5.07. The van der Waals surface area contributed by atoms with Crippen molar-refractivity contribution < 1.29 is 14.3 Å². The Labute approximate surface area is 159 Å². The van der Waals surface area contributed by atoms with Crippen LogP contribution in [0.2, 0.25) is 0 Å². The fraction of sp³-hybridized carbons (Fsp3) is 0.391. The van der Waals surface area contributed by atoms with Crippen LogP contribution in [0.15, 0.2) is 48.5 Å². The number of benzene rings is 2. The molecule has 2 aliphatic carbocycles. The van der Waals surface area contributed by atoms with E-state index in [9.17, 15) is 9.59 Å². The summed E-state index contributed by atoms with van der Waals surface area (Å²) in [5.74, 6) is -0.241. The number of nitrogens with one attached hydrogen (secondary N) is 1. The smallest absolute Gasteiger partial charge is 0.329 e. The van der Waals surface area contributed by atoms with Gasteiger partial charge in [-0.3, -0.25) is 4.79 Å². The van der Waals surface area contributed by atoms with Gasteiger partial charge in [0.15, 0.2) is 0 Å². The van der Waals surface area contributed by atoms with Crippen molar-refractivity contribution in [3.05, 3.63) is 59.7 Å². The minimum absolute atomic E-state index is 0.0563. The van der Waals surface area contributed by atoms with Gasteiger partial charge < -0.3 is 10.1 Å². The highest BCUT2D eigenvalue weighted by molar-refractivity contribution is 5.89. The highest BCUT2D eigenvalue weighted by Crippen LogP contribution is 2.46. The van der Waals surface area contributed by atoms with Crippen molar-refractivity contribution in [2.75, 3.05) is 7.11 Å². The second-order valence-corrected chi connectivity index (χ2v) is 7.58. The molecular formula is C23H25NO3. The summed E-state index contributed by atoms with van der Waals surface area (Å²) in [5.41, 5.74) is 4.37. The quantitative estimate of drug-likeness (QED) is 0.816. The number of esters is 1. The summed E-state index contributed by atoms with van der Waals surface area (Å²) in [6.45, 7) is 0. The standard InChI is InChI=1S/C23H25NO3/c1-27-23(26)22(24-20(25)14-15-8-2-3-9-15)21-18-12-6-4-10-16(18)17-11-5-7-13-19(17)21/h4-7,10-13,15,21-22H,2-3,8-9,14H2,1H3,(H,24,25)/t22-/m1/s1. The fourth-order valence-corrected chi connectivity index (χ4v) is 4.67. The van der Waals surface area contributed by atoms with Crippen molar-refractivity contribution in [1.82, 2.24) is 5.32 Å². The van der Waals surface area contributed by atoms with Crippen LogP contribution in [0.5, 0.6) is 0 Å². The highest BCUT2D eigenvalue weighted by Gasteiger charge is 2.39. The Balaban J connectivity index is 1.66. The normalized spacial score (nSPS) is 17.2. The second kappa shape index (κ2) is 7.55. The van der Waals surface area contributed by atoms with Crippen LogP contribution in [0.3, 0.4) is 0 Å². The topological polar surface area (TPSA) is 55.4 Å². The molecule has 0 heterocycles.